The van der Waals surface area contributed by atoms with Gasteiger partial charge in [0.25, 0.3) is 0 Å². The Kier molecular flexibility index (Phi) is 3.92. The van der Waals surface area contributed by atoms with Crippen molar-refractivity contribution >= 4 is 28.0 Å². The summed E-state index contributed by atoms with van der Waals surface area (Å²) in [6, 6.07) is 12.5. The SMILES string of the molecule is O=C(/C=C/c1ccc2c(c1)OCO2)Oc1ccc(Br)cc1. The Labute approximate surface area is 130 Å². The average Bonchev–Trinajstić information content (AvgIpc) is 2.95. The van der Waals surface area contributed by atoms with Crippen LogP contribution in [0.1, 0.15) is 5.56 Å². The van der Waals surface area contributed by atoms with Crippen LogP contribution in [0, 0.1) is 0 Å². The van der Waals surface area contributed by atoms with E-state index >= 15 is 0 Å². The fraction of sp³-hybridized carbons (Fsp3) is 0.0625. The summed E-state index contributed by atoms with van der Waals surface area (Å²) < 4.78 is 16.6. The van der Waals surface area contributed by atoms with Crippen LogP contribution in [0.2, 0.25) is 0 Å². The van der Waals surface area contributed by atoms with Crippen LogP contribution < -0.4 is 14.2 Å². The Bertz CT molecular complexity index is 692. The van der Waals surface area contributed by atoms with Crippen LogP contribution in [-0.2, 0) is 4.79 Å². The summed E-state index contributed by atoms with van der Waals surface area (Å²) in [6.45, 7) is 0.230. The number of halogens is 1. The zero-order valence-corrected chi connectivity index (χ0v) is 12.5. The van der Waals surface area contributed by atoms with Gasteiger partial charge in [0.05, 0.1) is 0 Å². The number of hydrogen-bond acceptors (Lipinski definition) is 4. The Morgan fingerprint density at radius 2 is 1.86 bits per heavy atom. The number of rotatable bonds is 3. The third kappa shape index (κ3) is 3.44. The van der Waals surface area contributed by atoms with E-state index in [1.165, 1.54) is 6.08 Å². The first-order valence-corrected chi connectivity index (χ1v) is 7.05. The minimum atomic E-state index is -0.435. The van der Waals surface area contributed by atoms with Crippen molar-refractivity contribution < 1.29 is 19.0 Å². The molecule has 4 nitrogen and oxygen atoms in total. The zero-order chi connectivity index (χ0) is 14.7. The van der Waals surface area contributed by atoms with Gasteiger partial charge in [-0.3, -0.25) is 0 Å². The lowest BCUT2D eigenvalue weighted by Crippen LogP contribution is -2.03. The molecule has 1 aliphatic rings. The van der Waals surface area contributed by atoms with Gasteiger partial charge >= 0.3 is 5.97 Å². The lowest BCUT2D eigenvalue weighted by molar-refractivity contribution is -0.128. The topological polar surface area (TPSA) is 44.8 Å². The average molecular weight is 347 g/mol. The van der Waals surface area contributed by atoms with Gasteiger partial charge in [0, 0.05) is 10.5 Å². The summed E-state index contributed by atoms with van der Waals surface area (Å²) in [5.41, 5.74) is 0.840. The molecule has 0 saturated carbocycles. The molecule has 106 valence electrons. The summed E-state index contributed by atoms with van der Waals surface area (Å²) in [5.74, 6) is 1.46. The first-order valence-electron chi connectivity index (χ1n) is 6.26. The van der Waals surface area contributed by atoms with Gasteiger partial charge in [0.2, 0.25) is 6.79 Å². The van der Waals surface area contributed by atoms with Crippen LogP contribution in [0.15, 0.2) is 53.0 Å². The maximum Gasteiger partial charge on any atom is 0.336 e. The summed E-state index contributed by atoms with van der Waals surface area (Å²) in [5, 5.41) is 0. The molecule has 1 aliphatic heterocycles. The van der Waals surface area contributed by atoms with Crippen molar-refractivity contribution in [2.45, 2.75) is 0 Å². The highest BCUT2D eigenvalue weighted by atomic mass is 79.9. The molecule has 0 fully saturated rings. The summed E-state index contributed by atoms with van der Waals surface area (Å²) in [6.07, 6.45) is 3.04. The van der Waals surface area contributed by atoms with Gasteiger partial charge in [0.15, 0.2) is 11.5 Å². The van der Waals surface area contributed by atoms with Gasteiger partial charge in [-0.15, -0.1) is 0 Å². The van der Waals surface area contributed by atoms with Crippen LogP contribution in [-0.4, -0.2) is 12.8 Å². The van der Waals surface area contributed by atoms with Gasteiger partial charge in [-0.2, -0.15) is 0 Å². The number of benzene rings is 2. The Morgan fingerprint density at radius 3 is 2.67 bits per heavy atom. The van der Waals surface area contributed by atoms with E-state index < -0.39 is 5.97 Å². The van der Waals surface area contributed by atoms with Gasteiger partial charge < -0.3 is 14.2 Å². The van der Waals surface area contributed by atoms with Crippen LogP contribution in [0.3, 0.4) is 0 Å². The van der Waals surface area contributed by atoms with Crippen molar-refractivity contribution in [3.05, 3.63) is 58.6 Å². The maximum atomic E-state index is 11.7. The van der Waals surface area contributed by atoms with Gasteiger partial charge in [0.1, 0.15) is 5.75 Å². The molecule has 3 rings (SSSR count). The molecule has 1 heterocycles. The van der Waals surface area contributed by atoms with Crippen LogP contribution in [0.4, 0.5) is 0 Å². The second-order valence-corrected chi connectivity index (χ2v) is 5.24. The monoisotopic (exact) mass is 346 g/mol. The molecule has 21 heavy (non-hydrogen) atoms. The summed E-state index contributed by atoms with van der Waals surface area (Å²) in [7, 11) is 0. The Balaban J connectivity index is 1.65. The molecule has 0 saturated heterocycles. The van der Waals surface area contributed by atoms with Crippen molar-refractivity contribution in [2.75, 3.05) is 6.79 Å². The fourth-order valence-electron chi connectivity index (χ4n) is 1.83. The molecule has 0 bridgehead atoms. The van der Waals surface area contributed by atoms with E-state index in [1.54, 1.807) is 18.2 Å². The van der Waals surface area contributed by atoms with Crippen molar-refractivity contribution in [1.82, 2.24) is 0 Å². The lowest BCUT2D eigenvalue weighted by atomic mass is 10.2. The minimum absolute atomic E-state index is 0.230. The minimum Gasteiger partial charge on any atom is -0.454 e. The van der Waals surface area contributed by atoms with E-state index in [4.69, 9.17) is 14.2 Å². The molecule has 0 spiro atoms. The van der Waals surface area contributed by atoms with Crippen LogP contribution in [0.5, 0.6) is 17.2 Å². The molecular formula is C16H11BrO4. The van der Waals surface area contributed by atoms with Crippen LogP contribution >= 0.6 is 15.9 Å². The standard InChI is InChI=1S/C16H11BrO4/c17-12-3-5-13(6-4-12)21-16(18)8-2-11-1-7-14-15(9-11)20-10-19-14/h1-9H,10H2/b8-2+. The first kappa shape index (κ1) is 13.7. The molecule has 0 radical (unpaired) electrons. The van der Waals surface area contributed by atoms with E-state index in [0.717, 1.165) is 10.0 Å². The molecule has 0 atom stereocenters. The number of fused-ring (bicyclic) bond motifs is 1. The molecular weight excluding hydrogens is 336 g/mol. The Hall–Kier alpha value is -2.27. The molecule has 0 aliphatic carbocycles. The molecule has 2 aromatic rings. The second kappa shape index (κ2) is 6.01. The van der Waals surface area contributed by atoms with E-state index in [9.17, 15) is 4.79 Å². The van der Waals surface area contributed by atoms with Gasteiger partial charge in [-0.25, -0.2) is 4.79 Å². The maximum absolute atomic E-state index is 11.7. The highest BCUT2D eigenvalue weighted by Gasteiger charge is 2.12. The normalized spacial score (nSPS) is 12.6. The highest BCUT2D eigenvalue weighted by molar-refractivity contribution is 9.10. The second-order valence-electron chi connectivity index (χ2n) is 4.32. The predicted octanol–water partition coefficient (Wildman–Crippen LogP) is 3.80. The molecule has 0 aromatic heterocycles. The summed E-state index contributed by atoms with van der Waals surface area (Å²) >= 11 is 3.32. The Morgan fingerprint density at radius 1 is 1.10 bits per heavy atom. The van der Waals surface area contributed by atoms with Crippen molar-refractivity contribution in [3.8, 4) is 17.2 Å². The highest BCUT2D eigenvalue weighted by Crippen LogP contribution is 2.32. The van der Waals surface area contributed by atoms with Crippen molar-refractivity contribution in [1.29, 1.82) is 0 Å². The van der Waals surface area contributed by atoms with E-state index in [2.05, 4.69) is 15.9 Å². The van der Waals surface area contributed by atoms with Crippen molar-refractivity contribution in [3.63, 3.8) is 0 Å². The number of ether oxygens (including phenoxy) is 3. The lowest BCUT2D eigenvalue weighted by Gasteiger charge is -2.01. The largest absolute Gasteiger partial charge is 0.454 e. The quantitative estimate of drug-likeness (QED) is 0.481. The smallest absolute Gasteiger partial charge is 0.336 e. The third-order valence-corrected chi connectivity index (χ3v) is 3.37. The molecule has 0 unspecified atom stereocenters. The number of carbonyl (C=O) groups excluding carboxylic acids is 1. The van der Waals surface area contributed by atoms with E-state index in [0.29, 0.717) is 17.2 Å². The van der Waals surface area contributed by atoms with E-state index in [-0.39, 0.29) is 6.79 Å². The number of carbonyl (C=O) groups is 1. The fourth-order valence-corrected chi connectivity index (χ4v) is 2.10. The number of hydrogen-bond donors (Lipinski definition) is 0. The number of esters is 1. The predicted molar refractivity (Wildman–Crippen MR) is 81.4 cm³/mol. The van der Waals surface area contributed by atoms with Crippen molar-refractivity contribution in [2.24, 2.45) is 0 Å². The zero-order valence-electron chi connectivity index (χ0n) is 10.9. The van der Waals surface area contributed by atoms with Gasteiger partial charge in [-0.05, 0) is 48.0 Å². The molecule has 5 heteroatoms. The van der Waals surface area contributed by atoms with Crippen LogP contribution in [0.25, 0.3) is 6.08 Å². The third-order valence-electron chi connectivity index (χ3n) is 2.84. The van der Waals surface area contributed by atoms with E-state index in [1.807, 2.05) is 30.3 Å². The first-order chi connectivity index (χ1) is 10.2. The molecule has 0 N–H and O–H groups in total. The summed E-state index contributed by atoms with van der Waals surface area (Å²) in [4.78, 5) is 11.7. The molecule has 0 amide bonds. The molecule has 2 aromatic carbocycles. The van der Waals surface area contributed by atoms with Gasteiger partial charge in [-0.1, -0.05) is 22.0 Å².